The number of nitrogens with zero attached hydrogens (tertiary/aromatic N) is 5. The van der Waals surface area contributed by atoms with Gasteiger partial charge in [0.25, 0.3) is 0 Å². The van der Waals surface area contributed by atoms with Crippen molar-refractivity contribution in [1.29, 1.82) is 0 Å². The van der Waals surface area contributed by atoms with E-state index < -0.39 is 0 Å². The topological polar surface area (TPSA) is 119 Å². The van der Waals surface area contributed by atoms with Crippen LogP contribution in [0.2, 0.25) is 0 Å². The van der Waals surface area contributed by atoms with Gasteiger partial charge in [-0.15, -0.1) is 0 Å². The minimum absolute atomic E-state index is 0.389. The fourth-order valence-electron chi connectivity index (χ4n) is 1.55. The van der Waals surface area contributed by atoms with Crippen molar-refractivity contribution in [2.45, 2.75) is 6.54 Å². The number of nitrogen functional groups attached to an aromatic ring is 1. The molecule has 3 aromatic heterocycles. The van der Waals surface area contributed by atoms with Gasteiger partial charge in [-0.25, -0.2) is 15.8 Å². The van der Waals surface area contributed by atoms with E-state index in [4.69, 9.17) is 5.84 Å². The van der Waals surface area contributed by atoms with Crippen LogP contribution in [0.3, 0.4) is 0 Å². The molecular weight excluding hydrogens is 236 g/mol. The van der Waals surface area contributed by atoms with Crippen molar-refractivity contribution in [2.24, 2.45) is 5.84 Å². The van der Waals surface area contributed by atoms with Gasteiger partial charge in [0.1, 0.15) is 0 Å². The Morgan fingerprint density at radius 1 is 1.39 bits per heavy atom. The summed E-state index contributed by atoms with van der Waals surface area (Å²) in [5, 5.41) is 6.77. The lowest BCUT2D eigenvalue weighted by molar-refractivity contribution is 0.411. The average Bonchev–Trinajstić information content (AvgIpc) is 3.06. The highest BCUT2D eigenvalue weighted by atomic mass is 16.5. The van der Waals surface area contributed by atoms with Gasteiger partial charge < -0.3 is 19.7 Å². The van der Waals surface area contributed by atoms with Crippen LogP contribution in [0.1, 0.15) is 5.82 Å². The summed E-state index contributed by atoms with van der Waals surface area (Å²) in [7, 11) is 0. The number of anilines is 2. The first kappa shape index (κ1) is 10.5. The van der Waals surface area contributed by atoms with E-state index in [-0.39, 0.29) is 0 Å². The SMILES string of the molecule is NNc1cn2ccnc2c(NCc2ncon2)n1. The van der Waals surface area contributed by atoms with Gasteiger partial charge in [0.2, 0.25) is 6.39 Å². The first-order valence-corrected chi connectivity index (χ1v) is 5.16. The zero-order valence-electron chi connectivity index (χ0n) is 9.24. The van der Waals surface area contributed by atoms with Gasteiger partial charge in [0.05, 0.1) is 12.7 Å². The Kier molecular flexibility index (Phi) is 2.50. The van der Waals surface area contributed by atoms with Crippen molar-refractivity contribution >= 4 is 17.3 Å². The van der Waals surface area contributed by atoms with Crippen LogP contribution in [0.15, 0.2) is 29.5 Å². The molecule has 0 saturated carbocycles. The van der Waals surface area contributed by atoms with E-state index in [0.717, 1.165) is 0 Å². The van der Waals surface area contributed by atoms with E-state index in [1.165, 1.54) is 6.39 Å². The fourth-order valence-corrected chi connectivity index (χ4v) is 1.55. The largest absolute Gasteiger partial charge is 0.359 e. The predicted molar refractivity (Wildman–Crippen MR) is 62.4 cm³/mol. The van der Waals surface area contributed by atoms with Crippen LogP contribution in [-0.2, 0) is 6.54 Å². The Bertz CT molecular complexity index is 646. The van der Waals surface area contributed by atoms with E-state index in [1.54, 1.807) is 23.0 Å². The second-order valence-electron chi connectivity index (χ2n) is 3.48. The fraction of sp³-hybridized carbons (Fsp3) is 0.111. The molecule has 0 radical (unpaired) electrons. The molecule has 0 fully saturated rings. The molecule has 3 rings (SSSR count). The molecule has 9 heteroatoms. The van der Waals surface area contributed by atoms with Gasteiger partial charge >= 0.3 is 0 Å². The van der Waals surface area contributed by atoms with Crippen molar-refractivity contribution in [1.82, 2.24) is 24.5 Å². The molecule has 0 saturated heterocycles. The van der Waals surface area contributed by atoms with E-state index in [2.05, 4.69) is 35.4 Å². The van der Waals surface area contributed by atoms with E-state index in [9.17, 15) is 0 Å². The number of hydrogen-bond donors (Lipinski definition) is 3. The second-order valence-corrected chi connectivity index (χ2v) is 3.48. The quantitative estimate of drug-likeness (QED) is 0.435. The summed E-state index contributed by atoms with van der Waals surface area (Å²) < 4.78 is 6.45. The highest BCUT2D eigenvalue weighted by Gasteiger charge is 2.07. The van der Waals surface area contributed by atoms with Crippen molar-refractivity contribution in [3.8, 4) is 0 Å². The number of hydrogen-bond acceptors (Lipinski definition) is 8. The summed E-state index contributed by atoms with van der Waals surface area (Å²) in [6.45, 7) is 0.389. The van der Waals surface area contributed by atoms with Crippen LogP contribution in [-0.4, -0.2) is 24.5 Å². The highest BCUT2D eigenvalue weighted by Crippen LogP contribution is 2.16. The molecule has 0 aliphatic carbocycles. The van der Waals surface area contributed by atoms with E-state index >= 15 is 0 Å². The normalized spacial score (nSPS) is 10.7. The van der Waals surface area contributed by atoms with Crippen molar-refractivity contribution < 1.29 is 4.52 Å². The Hall–Kier alpha value is -2.68. The van der Waals surface area contributed by atoms with Gasteiger partial charge in [0.15, 0.2) is 23.1 Å². The van der Waals surface area contributed by atoms with Gasteiger partial charge in [0, 0.05) is 12.4 Å². The third kappa shape index (κ3) is 1.82. The zero-order chi connectivity index (χ0) is 12.4. The molecule has 0 unspecified atom stereocenters. The van der Waals surface area contributed by atoms with Crippen LogP contribution >= 0.6 is 0 Å². The van der Waals surface area contributed by atoms with Crippen LogP contribution in [0.5, 0.6) is 0 Å². The maximum Gasteiger partial charge on any atom is 0.213 e. The van der Waals surface area contributed by atoms with Gasteiger partial charge in [-0.05, 0) is 0 Å². The molecule has 3 aromatic rings. The molecule has 0 spiro atoms. The molecule has 0 atom stereocenters. The van der Waals surface area contributed by atoms with Gasteiger partial charge in [-0.2, -0.15) is 4.98 Å². The number of fused-ring (bicyclic) bond motifs is 1. The maximum atomic E-state index is 5.36. The Morgan fingerprint density at radius 3 is 3.11 bits per heavy atom. The first-order chi connectivity index (χ1) is 8.86. The van der Waals surface area contributed by atoms with Crippen molar-refractivity contribution in [3.63, 3.8) is 0 Å². The van der Waals surface area contributed by atoms with Crippen molar-refractivity contribution in [3.05, 3.63) is 30.8 Å². The minimum atomic E-state index is 0.389. The van der Waals surface area contributed by atoms with E-state index in [1.807, 2.05) is 0 Å². The lowest BCUT2D eigenvalue weighted by atomic mass is 10.5. The summed E-state index contributed by atoms with van der Waals surface area (Å²) in [4.78, 5) is 12.4. The smallest absolute Gasteiger partial charge is 0.213 e. The van der Waals surface area contributed by atoms with Crippen LogP contribution < -0.4 is 16.6 Å². The Morgan fingerprint density at radius 2 is 2.33 bits per heavy atom. The lowest BCUT2D eigenvalue weighted by Gasteiger charge is -2.07. The average molecular weight is 246 g/mol. The number of aromatic nitrogens is 5. The lowest BCUT2D eigenvalue weighted by Crippen LogP contribution is -2.12. The first-order valence-electron chi connectivity index (χ1n) is 5.16. The standard InChI is InChI=1S/C9H10N8O/c10-15-7-4-17-2-1-11-9(17)8(14-7)12-3-6-13-5-18-16-6/h1-2,4-5,15H,3,10H2,(H,12,14). The second kappa shape index (κ2) is 4.30. The molecule has 4 N–H and O–H groups in total. The molecule has 0 bridgehead atoms. The van der Waals surface area contributed by atoms with Crippen LogP contribution in [0.4, 0.5) is 11.6 Å². The summed E-state index contributed by atoms with van der Waals surface area (Å²) in [6, 6.07) is 0. The molecule has 0 aromatic carbocycles. The molecule has 0 aliphatic rings. The molecule has 0 aliphatic heterocycles. The van der Waals surface area contributed by atoms with E-state index in [0.29, 0.717) is 29.7 Å². The summed E-state index contributed by atoms with van der Waals surface area (Å²) >= 11 is 0. The maximum absolute atomic E-state index is 5.36. The van der Waals surface area contributed by atoms with Crippen LogP contribution in [0, 0.1) is 0 Å². The number of hydrazine groups is 1. The Labute approximate surface area is 101 Å². The third-order valence-corrected chi connectivity index (χ3v) is 2.34. The number of nitrogens with two attached hydrogens (primary N) is 1. The van der Waals surface area contributed by atoms with Gasteiger partial charge in [-0.1, -0.05) is 5.16 Å². The molecule has 0 amide bonds. The molecule has 3 heterocycles. The summed E-state index contributed by atoms with van der Waals surface area (Å²) in [5.41, 5.74) is 3.19. The highest BCUT2D eigenvalue weighted by molar-refractivity contribution is 5.65. The van der Waals surface area contributed by atoms with Gasteiger partial charge in [-0.3, -0.25) is 0 Å². The molecule has 9 nitrogen and oxygen atoms in total. The molecule has 92 valence electrons. The summed E-state index contributed by atoms with van der Waals surface area (Å²) in [5.74, 6) is 7.00. The monoisotopic (exact) mass is 246 g/mol. The summed E-state index contributed by atoms with van der Waals surface area (Å²) in [6.07, 6.45) is 6.49. The van der Waals surface area contributed by atoms with Crippen LogP contribution in [0.25, 0.3) is 5.65 Å². The predicted octanol–water partition coefficient (Wildman–Crippen LogP) is 0.01000. The number of rotatable bonds is 4. The molecular formula is C9H10N8O. The zero-order valence-corrected chi connectivity index (χ0v) is 9.24. The number of nitrogens with one attached hydrogen (secondary N) is 2. The van der Waals surface area contributed by atoms with Crippen molar-refractivity contribution in [2.75, 3.05) is 10.7 Å². The third-order valence-electron chi connectivity index (χ3n) is 2.34. The Balaban J connectivity index is 1.92. The molecule has 18 heavy (non-hydrogen) atoms. The number of imidazole rings is 1. The minimum Gasteiger partial charge on any atom is -0.359 e.